The van der Waals surface area contributed by atoms with E-state index in [-0.39, 0.29) is 0 Å². The first-order chi connectivity index (χ1) is 5.74. The molecule has 0 saturated carbocycles. The minimum Gasteiger partial charge on any atom is -0.463 e. The van der Waals surface area contributed by atoms with Crippen LogP contribution in [0.25, 0.3) is 0 Å². The third-order valence-corrected chi connectivity index (χ3v) is 1.40. The van der Waals surface area contributed by atoms with E-state index in [2.05, 4.69) is 4.74 Å². The molecule has 0 spiro atoms. The van der Waals surface area contributed by atoms with Gasteiger partial charge in [0.2, 0.25) is 6.86 Å². The van der Waals surface area contributed by atoms with Crippen molar-refractivity contribution in [2.24, 2.45) is 0 Å². The largest absolute Gasteiger partial charge is 0.488 e. The van der Waals surface area contributed by atoms with Gasteiger partial charge in [0.15, 0.2) is 0 Å². The summed E-state index contributed by atoms with van der Waals surface area (Å²) in [5.74, 6) is 0.363. The SMILES string of the molecule is OB(O)c1ccc(OCF)cc1. The van der Waals surface area contributed by atoms with Crippen molar-refractivity contribution in [3.63, 3.8) is 0 Å². The van der Waals surface area contributed by atoms with Crippen LogP contribution in [0.4, 0.5) is 4.39 Å². The summed E-state index contributed by atoms with van der Waals surface area (Å²) in [4.78, 5) is 0. The van der Waals surface area contributed by atoms with Crippen molar-refractivity contribution < 1.29 is 19.2 Å². The molecule has 64 valence electrons. The Morgan fingerprint density at radius 3 is 2.25 bits per heavy atom. The maximum Gasteiger partial charge on any atom is 0.488 e. The van der Waals surface area contributed by atoms with Gasteiger partial charge in [-0.15, -0.1) is 0 Å². The van der Waals surface area contributed by atoms with Gasteiger partial charge in [0.1, 0.15) is 5.75 Å². The first kappa shape index (κ1) is 9.03. The van der Waals surface area contributed by atoms with E-state index in [4.69, 9.17) is 10.0 Å². The van der Waals surface area contributed by atoms with Crippen molar-refractivity contribution in [2.75, 3.05) is 6.86 Å². The van der Waals surface area contributed by atoms with E-state index < -0.39 is 14.0 Å². The third kappa shape index (κ3) is 2.22. The molecule has 1 rings (SSSR count). The van der Waals surface area contributed by atoms with E-state index in [0.717, 1.165) is 0 Å². The molecule has 3 nitrogen and oxygen atoms in total. The highest BCUT2D eigenvalue weighted by atomic mass is 19.1. The van der Waals surface area contributed by atoms with Gasteiger partial charge in [-0.3, -0.25) is 0 Å². The molecule has 2 N–H and O–H groups in total. The number of ether oxygens (including phenoxy) is 1. The molecule has 0 unspecified atom stereocenters. The van der Waals surface area contributed by atoms with Gasteiger partial charge in [-0.1, -0.05) is 12.1 Å². The average molecular weight is 170 g/mol. The van der Waals surface area contributed by atoms with E-state index in [1.54, 1.807) is 0 Å². The third-order valence-electron chi connectivity index (χ3n) is 1.40. The molecule has 1 aromatic carbocycles. The summed E-state index contributed by atoms with van der Waals surface area (Å²) in [7, 11) is -1.50. The molecule has 0 fully saturated rings. The Balaban J connectivity index is 2.71. The molecule has 0 saturated heterocycles. The van der Waals surface area contributed by atoms with E-state index in [0.29, 0.717) is 11.2 Å². The summed E-state index contributed by atoms with van der Waals surface area (Å²) in [6.45, 7) is -0.888. The zero-order valence-electron chi connectivity index (χ0n) is 6.27. The molecule has 0 bridgehead atoms. The van der Waals surface area contributed by atoms with Crippen LogP contribution in [0, 0.1) is 0 Å². The standard InChI is InChI=1S/C7H8BFO3/c9-5-12-7-3-1-6(2-4-7)8(10)11/h1-4,10-11H,5H2. The van der Waals surface area contributed by atoms with Crippen molar-refractivity contribution in [3.8, 4) is 5.75 Å². The predicted octanol–water partition coefficient (Wildman–Crippen LogP) is -0.328. The Hall–Kier alpha value is -1.07. The maximum absolute atomic E-state index is 11.6. The van der Waals surface area contributed by atoms with Gasteiger partial charge in [-0.25, -0.2) is 4.39 Å². The second-order valence-corrected chi connectivity index (χ2v) is 2.20. The lowest BCUT2D eigenvalue weighted by molar-refractivity contribution is 0.192. The van der Waals surface area contributed by atoms with E-state index in [9.17, 15) is 4.39 Å². The monoisotopic (exact) mass is 170 g/mol. The van der Waals surface area contributed by atoms with Gasteiger partial charge in [0, 0.05) is 0 Å². The number of rotatable bonds is 3. The molecule has 0 heterocycles. The lowest BCUT2D eigenvalue weighted by Crippen LogP contribution is -2.29. The van der Waals surface area contributed by atoms with Crippen LogP contribution >= 0.6 is 0 Å². The van der Waals surface area contributed by atoms with Gasteiger partial charge in [0.05, 0.1) is 0 Å². The molecule has 0 aliphatic carbocycles. The lowest BCUT2D eigenvalue weighted by Gasteiger charge is -2.02. The lowest BCUT2D eigenvalue weighted by atomic mass is 9.80. The Morgan fingerprint density at radius 1 is 1.25 bits per heavy atom. The summed E-state index contributed by atoms with van der Waals surface area (Å²) >= 11 is 0. The topological polar surface area (TPSA) is 49.7 Å². The first-order valence-electron chi connectivity index (χ1n) is 3.39. The van der Waals surface area contributed by atoms with E-state index in [1.807, 2.05) is 0 Å². The summed E-state index contributed by atoms with van der Waals surface area (Å²) in [5.41, 5.74) is 0.348. The second-order valence-electron chi connectivity index (χ2n) is 2.20. The predicted molar refractivity (Wildman–Crippen MR) is 42.9 cm³/mol. The van der Waals surface area contributed by atoms with Crippen LogP contribution in [0.5, 0.6) is 5.75 Å². The fraction of sp³-hybridized carbons (Fsp3) is 0.143. The molecule has 0 atom stereocenters. The molecule has 1 aromatic rings. The Kier molecular flexibility index (Phi) is 3.07. The number of halogens is 1. The van der Waals surface area contributed by atoms with Gasteiger partial charge < -0.3 is 14.8 Å². The summed E-state index contributed by atoms with van der Waals surface area (Å²) in [6.07, 6.45) is 0. The highest BCUT2D eigenvalue weighted by Crippen LogP contribution is 2.06. The van der Waals surface area contributed by atoms with Gasteiger partial charge in [-0.05, 0) is 17.6 Å². The summed E-state index contributed by atoms with van der Waals surface area (Å²) in [6, 6.07) is 5.84. The van der Waals surface area contributed by atoms with Gasteiger partial charge in [-0.2, -0.15) is 0 Å². The molecule has 0 aliphatic rings. The van der Waals surface area contributed by atoms with Gasteiger partial charge in [0.25, 0.3) is 0 Å². The summed E-state index contributed by atoms with van der Waals surface area (Å²) < 4.78 is 16.1. The maximum atomic E-state index is 11.6. The smallest absolute Gasteiger partial charge is 0.463 e. The minimum absolute atomic E-state index is 0.348. The van der Waals surface area contributed by atoms with Crippen LogP contribution in [0.3, 0.4) is 0 Å². The highest BCUT2D eigenvalue weighted by Gasteiger charge is 2.09. The zero-order chi connectivity index (χ0) is 8.97. The van der Waals surface area contributed by atoms with Crippen LogP contribution in [-0.4, -0.2) is 24.0 Å². The Morgan fingerprint density at radius 2 is 1.83 bits per heavy atom. The van der Waals surface area contributed by atoms with Crippen LogP contribution in [0.1, 0.15) is 0 Å². The number of hydrogen-bond donors (Lipinski definition) is 2. The van der Waals surface area contributed by atoms with Crippen LogP contribution in [0.2, 0.25) is 0 Å². The molecule has 0 aromatic heterocycles. The highest BCUT2D eigenvalue weighted by molar-refractivity contribution is 6.58. The molecular weight excluding hydrogens is 162 g/mol. The first-order valence-corrected chi connectivity index (χ1v) is 3.39. The van der Waals surface area contributed by atoms with Crippen molar-refractivity contribution in [2.45, 2.75) is 0 Å². The molecule has 0 amide bonds. The average Bonchev–Trinajstić information content (AvgIpc) is 2.06. The van der Waals surface area contributed by atoms with Crippen molar-refractivity contribution in [1.82, 2.24) is 0 Å². The van der Waals surface area contributed by atoms with Crippen molar-refractivity contribution in [3.05, 3.63) is 24.3 Å². The fourth-order valence-corrected chi connectivity index (χ4v) is 0.799. The van der Waals surface area contributed by atoms with Crippen LogP contribution in [0.15, 0.2) is 24.3 Å². The van der Waals surface area contributed by atoms with Crippen LogP contribution < -0.4 is 10.2 Å². The Bertz CT molecular complexity index is 237. The van der Waals surface area contributed by atoms with Crippen LogP contribution in [-0.2, 0) is 0 Å². The fourth-order valence-electron chi connectivity index (χ4n) is 0.799. The molecule has 0 radical (unpaired) electrons. The molecule has 12 heavy (non-hydrogen) atoms. The van der Waals surface area contributed by atoms with Gasteiger partial charge >= 0.3 is 7.12 Å². The number of hydrogen-bond acceptors (Lipinski definition) is 3. The van der Waals surface area contributed by atoms with Crippen molar-refractivity contribution >= 4 is 12.6 Å². The Labute approximate surface area is 69.6 Å². The number of alkyl halides is 1. The number of benzene rings is 1. The quantitative estimate of drug-likeness (QED) is 0.610. The van der Waals surface area contributed by atoms with E-state index >= 15 is 0 Å². The second kappa shape index (κ2) is 4.08. The summed E-state index contributed by atoms with van der Waals surface area (Å²) in [5, 5.41) is 17.4. The molecule has 0 aliphatic heterocycles. The molecule has 5 heteroatoms. The minimum atomic E-state index is -1.50. The zero-order valence-corrected chi connectivity index (χ0v) is 6.27. The van der Waals surface area contributed by atoms with Crippen molar-refractivity contribution in [1.29, 1.82) is 0 Å². The van der Waals surface area contributed by atoms with E-state index in [1.165, 1.54) is 24.3 Å². The normalized spacial score (nSPS) is 9.58. The molecular formula is C7H8BFO3.